The summed E-state index contributed by atoms with van der Waals surface area (Å²) in [5.74, 6) is 0. The van der Waals surface area contributed by atoms with Crippen LogP contribution in [0.1, 0.15) is 25.8 Å². The zero-order valence-corrected chi connectivity index (χ0v) is 10.5. The predicted octanol–water partition coefficient (Wildman–Crippen LogP) is 2.56. The van der Waals surface area contributed by atoms with Gasteiger partial charge in [0.25, 0.3) is 0 Å². The second-order valence-electron chi connectivity index (χ2n) is 4.45. The van der Waals surface area contributed by atoms with Gasteiger partial charge in [-0.15, -0.1) is 0 Å². The van der Waals surface area contributed by atoms with E-state index in [1.807, 2.05) is 18.3 Å². The standard InChI is InChI=1S/C14H19N3/c1-3-8-15-11(2)9-12-10-16-17-14-7-5-4-6-13(12)14/h4-7,10-11,15H,3,8-9H2,1-2H3. The fourth-order valence-electron chi connectivity index (χ4n) is 2.02. The Balaban J connectivity index is 2.18. The van der Waals surface area contributed by atoms with Crippen LogP contribution in [0.4, 0.5) is 0 Å². The second kappa shape index (κ2) is 5.73. The monoisotopic (exact) mass is 229 g/mol. The second-order valence-corrected chi connectivity index (χ2v) is 4.45. The summed E-state index contributed by atoms with van der Waals surface area (Å²) in [6.45, 7) is 5.46. The first-order valence-electron chi connectivity index (χ1n) is 6.24. The molecule has 0 amide bonds. The third kappa shape index (κ3) is 3.01. The van der Waals surface area contributed by atoms with Gasteiger partial charge < -0.3 is 5.32 Å². The van der Waals surface area contributed by atoms with E-state index in [9.17, 15) is 0 Å². The number of benzene rings is 1. The lowest BCUT2D eigenvalue weighted by Gasteiger charge is -2.13. The van der Waals surface area contributed by atoms with Crippen LogP contribution < -0.4 is 5.32 Å². The van der Waals surface area contributed by atoms with Gasteiger partial charge in [-0.3, -0.25) is 0 Å². The van der Waals surface area contributed by atoms with E-state index in [0.29, 0.717) is 6.04 Å². The molecule has 90 valence electrons. The van der Waals surface area contributed by atoms with Crippen LogP contribution >= 0.6 is 0 Å². The minimum Gasteiger partial charge on any atom is -0.314 e. The van der Waals surface area contributed by atoms with Gasteiger partial charge in [0.15, 0.2) is 0 Å². The normalized spacial score (nSPS) is 12.8. The molecule has 0 bridgehead atoms. The molecule has 3 nitrogen and oxygen atoms in total. The van der Waals surface area contributed by atoms with Crippen molar-refractivity contribution in [3.63, 3.8) is 0 Å². The predicted molar refractivity (Wildman–Crippen MR) is 71.0 cm³/mol. The topological polar surface area (TPSA) is 37.8 Å². The molecule has 17 heavy (non-hydrogen) atoms. The lowest BCUT2D eigenvalue weighted by atomic mass is 10.0. The van der Waals surface area contributed by atoms with Crippen molar-refractivity contribution in [2.24, 2.45) is 0 Å². The van der Waals surface area contributed by atoms with E-state index < -0.39 is 0 Å². The molecule has 1 aromatic heterocycles. The number of aromatic nitrogens is 2. The molecule has 0 aliphatic heterocycles. The average molecular weight is 229 g/mol. The first-order valence-corrected chi connectivity index (χ1v) is 6.24. The van der Waals surface area contributed by atoms with Crippen molar-refractivity contribution in [1.29, 1.82) is 0 Å². The molecule has 0 saturated carbocycles. The lowest BCUT2D eigenvalue weighted by molar-refractivity contribution is 0.544. The molecular formula is C14H19N3. The molecule has 2 rings (SSSR count). The van der Waals surface area contributed by atoms with E-state index in [-0.39, 0.29) is 0 Å². The molecular weight excluding hydrogens is 210 g/mol. The lowest BCUT2D eigenvalue weighted by Crippen LogP contribution is -2.28. The first kappa shape index (κ1) is 12.0. The van der Waals surface area contributed by atoms with Crippen LogP contribution in [0.3, 0.4) is 0 Å². The fourth-order valence-corrected chi connectivity index (χ4v) is 2.02. The number of hydrogen-bond donors (Lipinski definition) is 1. The van der Waals surface area contributed by atoms with Crippen molar-refractivity contribution in [3.05, 3.63) is 36.0 Å². The summed E-state index contributed by atoms with van der Waals surface area (Å²) in [6.07, 6.45) is 4.04. The maximum absolute atomic E-state index is 4.14. The van der Waals surface area contributed by atoms with Crippen LogP contribution in [0.5, 0.6) is 0 Å². The maximum atomic E-state index is 4.14. The highest BCUT2D eigenvalue weighted by molar-refractivity contribution is 5.81. The summed E-state index contributed by atoms with van der Waals surface area (Å²) >= 11 is 0. The Hall–Kier alpha value is -1.48. The highest BCUT2D eigenvalue weighted by atomic mass is 15.1. The molecule has 1 atom stereocenters. The van der Waals surface area contributed by atoms with E-state index in [4.69, 9.17) is 0 Å². The van der Waals surface area contributed by atoms with Crippen LogP contribution in [0.15, 0.2) is 30.5 Å². The number of nitrogens with zero attached hydrogens (tertiary/aromatic N) is 2. The molecule has 0 radical (unpaired) electrons. The molecule has 0 fully saturated rings. The number of fused-ring (bicyclic) bond motifs is 1. The molecule has 0 aliphatic rings. The Morgan fingerprint density at radius 1 is 1.29 bits per heavy atom. The minimum absolute atomic E-state index is 0.475. The smallest absolute Gasteiger partial charge is 0.0932 e. The van der Waals surface area contributed by atoms with Crippen LogP contribution in [0, 0.1) is 0 Å². The summed E-state index contributed by atoms with van der Waals surface area (Å²) in [7, 11) is 0. The Morgan fingerprint density at radius 2 is 2.12 bits per heavy atom. The van der Waals surface area contributed by atoms with Crippen LogP contribution in [0.25, 0.3) is 10.9 Å². The zero-order valence-electron chi connectivity index (χ0n) is 10.5. The summed E-state index contributed by atoms with van der Waals surface area (Å²) in [6, 6.07) is 8.65. The van der Waals surface area contributed by atoms with Crippen molar-refractivity contribution in [2.75, 3.05) is 6.54 Å². The minimum atomic E-state index is 0.475. The van der Waals surface area contributed by atoms with Gasteiger partial charge in [-0.05, 0) is 37.9 Å². The maximum Gasteiger partial charge on any atom is 0.0932 e. The van der Waals surface area contributed by atoms with E-state index in [1.54, 1.807) is 0 Å². The van der Waals surface area contributed by atoms with E-state index in [0.717, 1.165) is 18.5 Å². The SMILES string of the molecule is CCCNC(C)Cc1cnnc2ccccc12. The quantitative estimate of drug-likeness (QED) is 0.856. The highest BCUT2D eigenvalue weighted by Gasteiger charge is 2.06. The largest absolute Gasteiger partial charge is 0.314 e. The van der Waals surface area contributed by atoms with Crippen molar-refractivity contribution in [2.45, 2.75) is 32.7 Å². The van der Waals surface area contributed by atoms with Crippen LogP contribution in [-0.4, -0.2) is 22.8 Å². The number of hydrogen-bond acceptors (Lipinski definition) is 3. The van der Waals surface area contributed by atoms with Gasteiger partial charge in [0.1, 0.15) is 0 Å². The van der Waals surface area contributed by atoms with E-state index in [2.05, 4.69) is 41.5 Å². The highest BCUT2D eigenvalue weighted by Crippen LogP contribution is 2.16. The molecule has 0 spiro atoms. The van der Waals surface area contributed by atoms with E-state index >= 15 is 0 Å². The van der Waals surface area contributed by atoms with Crippen molar-refractivity contribution in [3.8, 4) is 0 Å². The average Bonchev–Trinajstić information content (AvgIpc) is 2.37. The van der Waals surface area contributed by atoms with Gasteiger partial charge >= 0.3 is 0 Å². The molecule has 2 aromatic rings. The van der Waals surface area contributed by atoms with Crippen LogP contribution in [0.2, 0.25) is 0 Å². The van der Waals surface area contributed by atoms with Gasteiger partial charge in [0, 0.05) is 11.4 Å². The van der Waals surface area contributed by atoms with Gasteiger partial charge in [-0.1, -0.05) is 25.1 Å². The van der Waals surface area contributed by atoms with Crippen molar-refractivity contribution < 1.29 is 0 Å². The molecule has 3 heteroatoms. The molecule has 0 saturated heterocycles. The third-order valence-corrected chi connectivity index (χ3v) is 2.90. The Bertz CT molecular complexity index is 476. The van der Waals surface area contributed by atoms with Crippen molar-refractivity contribution in [1.82, 2.24) is 15.5 Å². The number of rotatable bonds is 5. The molecule has 1 heterocycles. The summed E-state index contributed by atoms with van der Waals surface area (Å²) in [5, 5.41) is 12.9. The fraction of sp³-hybridized carbons (Fsp3) is 0.429. The Kier molecular flexibility index (Phi) is 4.04. The molecule has 1 N–H and O–H groups in total. The first-order chi connectivity index (χ1) is 8.31. The Labute approximate surface area is 102 Å². The zero-order chi connectivity index (χ0) is 12.1. The summed E-state index contributed by atoms with van der Waals surface area (Å²) in [4.78, 5) is 0. The summed E-state index contributed by atoms with van der Waals surface area (Å²) < 4.78 is 0. The number of nitrogens with one attached hydrogen (secondary N) is 1. The third-order valence-electron chi connectivity index (χ3n) is 2.90. The van der Waals surface area contributed by atoms with Gasteiger partial charge in [0.2, 0.25) is 0 Å². The van der Waals surface area contributed by atoms with Gasteiger partial charge in [0.05, 0.1) is 11.7 Å². The van der Waals surface area contributed by atoms with Gasteiger partial charge in [-0.25, -0.2) is 0 Å². The molecule has 1 unspecified atom stereocenters. The Morgan fingerprint density at radius 3 is 2.94 bits per heavy atom. The van der Waals surface area contributed by atoms with Crippen molar-refractivity contribution >= 4 is 10.9 Å². The molecule has 1 aromatic carbocycles. The molecule has 0 aliphatic carbocycles. The van der Waals surface area contributed by atoms with Crippen LogP contribution in [-0.2, 0) is 6.42 Å². The van der Waals surface area contributed by atoms with E-state index in [1.165, 1.54) is 17.4 Å². The van der Waals surface area contributed by atoms with Gasteiger partial charge in [-0.2, -0.15) is 10.2 Å². The summed E-state index contributed by atoms with van der Waals surface area (Å²) in [5.41, 5.74) is 2.25.